The van der Waals surface area contributed by atoms with E-state index in [0.29, 0.717) is 22.0 Å². The first-order valence-corrected chi connectivity index (χ1v) is 9.11. The van der Waals surface area contributed by atoms with E-state index in [9.17, 15) is 10.1 Å². The number of para-hydroxylation sites is 1. The van der Waals surface area contributed by atoms with Crippen molar-refractivity contribution in [3.8, 4) is 22.6 Å². The Morgan fingerprint density at radius 1 is 0.960 bits per heavy atom. The van der Waals surface area contributed by atoms with E-state index in [4.69, 9.17) is 9.88 Å². The van der Waals surface area contributed by atoms with Crippen molar-refractivity contribution in [2.45, 2.75) is 14.7 Å². The van der Waals surface area contributed by atoms with Crippen molar-refractivity contribution >= 4 is 29.4 Å². The number of nitrogens with two attached hydrogens (primary N) is 1. The second kappa shape index (κ2) is 6.44. The summed E-state index contributed by atoms with van der Waals surface area (Å²) >= 11 is 2.43. The Morgan fingerprint density at radius 3 is 2.52 bits per heavy atom. The van der Waals surface area contributed by atoms with Crippen LogP contribution in [-0.2, 0) is 0 Å². The molecule has 25 heavy (non-hydrogen) atoms. The van der Waals surface area contributed by atoms with E-state index in [1.807, 2.05) is 48.5 Å². The number of hydrogen-bond acceptors (Lipinski definition) is 6. The topological polar surface area (TPSA) is 78.4 Å². The molecule has 4 rings (SSSR count). The summed E-state index contributed by atoms with van der Waals surface area (Å²) in [7, 11) is 0. The maximum absolute atomic E-state index is 11.9. The number of fused-ring (bicyclic) bond motifs is 2. The van der Waals surface area contributed by atoms with Crippen LogP contribution >= 0.6 is 23.7 Å². The third kappa shape index (κ3) is 2.76. The van der Waals surface area contributed by atoms with E-state index < -0.39 is 0 Å². The summed E-state index contributed by atoms with van der Waals surface area (Å²) in [5.41, 5.74) is 1.32. The van der Waals surface area contributed by atoms with Gasteiger partial charge in [-0.15, -0.1) is 0 Å². The van der Waals surface area contributed by atoms with Crippen LogP contribution in [0.5, 0.6) is 11.5 Å². The molecule has 1 aliphatic rings. The van der Waals surface area contributed by atoms with Crippen molar-refractivity contribution in [1.82, 2.24) is 0 Å². The highest BCUT2D eigenvalue weighted by Crippen LogP contribution is 2.53. The van der Waals surface area contributed by atoms with Gasteiger partial charge in [0.25, 0.3) is 5.69 Å². The lowest BCUT2D eigenvalue weighted by molar-refractivity contribution is -0.387. The lowest BCUT2D eigenvalue weighted by Gasteiger charge is -2.20. The number of rotatable bonds is 3. The summed E-state index contributed by atoms with van der Waals surface area (Å²) in [6.07, 6.45) is 0. The lowest BCUT2D eigenvalue weighted by Crippen LogP contribution is -2.01. The largest absolute Gasteiger partial charge is 0.455 e. The maximum atomic E-state index is 11.9. The molecule has 5 nitrogen and oxygen atoms in total. The molecule has 0 amide bonds. The molecule has 0 saturated carbocycles. The van der Waals surface area contributed by atoms with Gasteiger partial charge in [-0.2, -0.15) is 0 Å². The molecule has 1 heterocycles. The van der Waals surface area contributed by atoms with E-state index in [-0.39, 0.29) is 10.6 Å². The lowest BCUT2D eigenvalue weighted by atomic mass is 10.0. The van der Waals surface area contributed by atoms with Gasteiger partial charge < -0.3 is 4.74 Å². The minimum Gasteiger partial charge on any atom is -0.455 e. The van der Waals surface area contributed by atoms with Crippen LogP contribution in [0, 0.1) is 10.1 Å². The Hall–Kier alpha value is -2.48. The third-order valence-corrected chi connectivity index (χ3v) is 5.63. The molecule has 0 aliphatic carbocycles. The Bertz CT molecular complexity index is 992. The quantitative estimate of drug-likeness (QED) is 0.293. The zero-order chi connectivity index (χ0) is 17.4. The maximum Gasteiger partial charge on any atom is 0.294 e. The fourth-order valence-corrected chi connectivity index (χ4v) is 4.30. The van der Waals surface area contributed by atoms with Crippen LogP contribution in [0.25, 0.3) is 11.1 Å². The first-order chi connectivity index (χ1) is 12.2. The Morgan fingerprint density at radius 2 is 1.72 bits per heavy atom. The second-order valence-corrected chi connectivity index (χ2v) is 7.04. The van der Waals surface area contributed by atoms with Crippen LogP contribution in [0.2, 0.25) is 0 Å². The van der Waals surface area contributed by atoms with E-state index >= 15 is 0 Å². The number of nitro groups is 1. The minimum atomic E-state index is -0.351. The summed E-state index contributed by atoms with van der Waals surface area (Å²) in [6, 6.07) is 18.4. The van der Waals surface area contributed by atoms with Crippen LogP contribution < -0.4 is 9.88 Å². The highest BCUT2D eigenvalue weighted by Gasteiger charge is 2.30. The average molecular weight is 368 g/mol. The molecule has 3 aromatic rings. The zero-order valence-corrected chi connectivity index (χ0v) is 14.5. The van der Waals surface area contributed by atoms with Gasteiger partial charge in [0.05, 0.1) is 15.4 Å². The van der Waals surface area contributed by atoms with E-state index in [2.05, 4.69) is 0 Å². The predicted molar refractivity (Wildman–Crippen MR) is 99.2 cm³/mol. The highest BCUT2D eigenvalue weighted by atomic mass is 32.2. The molecule has 0 saturated heterocycles. The van der Waals surface area contributed by atoms with Crippen LogP contribution in [0.15, 0.2) is 75.4 Å². The monoisotopic (exact) mass is 368 g/mol. The Balaban J connectivity index is 1.93. The van der Waals surface area contributed by atoms with Gasteiger partial charge in [0.15, 0.2) is 0 Å². The van der Waals surface area contributed by atoms with Crippen LogP contribution in [0.4, 0.5) is 5.69 Å². The van der Waals surface area contributed by atoms with Crippen molar-refractivity contribution in [3.05, 3.63) is 70.8 Å². The SMILES string of the molecule is NSc1ccccc1-c1ccc2c(c1[N+](=O)[O-])Sc1ccccc1O2. The van der Waals surface area contributed by atoms with Gasteiger partial charge in [-0.05, 0) is 42.3 Å². The molecular formula is C18H12N2O3S2. The fourth-order valence-electron chi connectivity index (χ4n) is 2.77. The Labute approximate surface area is 152 Å². The molecule has 2 N–H and O–H groups in total. The summed E-state index contributed by atoms with van der Waals surface area (Å²) in [6.45, 7) is 0. The number of nitrogens with zero attached hydrogens (tertiary/aromatic N) is 1. The van der Waals surface area contributed by atoms with Crippen LogP contribution in [0.3, 0.4) is 0 Å². The van der Waals surface area contributed by atoms with Crippen molar-refractivity contribution in [2.75, 3.05) is 0 Å². The zero-order valence-electron chi connectivity index (χ0n) is 12.8. The predicted octanol–water partition coefficient (Wildman–Crippen LogP) is 5.48. The molecular weight excluding hydrogens is 356 g/mol. The molecule has 0 spiro atoms. The molecule has 7 heteroatoms. The van der Waals surface area contributed by atoms with Gasteiger partial charge in [0.1, 0.15) is 16.4 Å². The molecule has 0 fully saturated rings. The van der Waals surface area contributed by atoms with Crippen molar-refractivity contribution in [2.24, 2.45) is 5.14 Å². The van der Waals surface area contributed by atoms with Gasteiger partial charge in [-0.1, -0.05) is 42.1 Å². The molecule has 0 unspecified atom stereocenters. The number of benzene rings is 3. The number of hydrogen-bond donors (Lipinski definition) is 1. The second-order valence-electron chi connectivity index (χ2n) is 5.31. The number of nitro benzene ring substituents is 1. The van der Waals surface area contributed by atoms with Gasteiger partial charge in [-0.25, -0.2) is 0 Å². The molecule has 124 valence electrons. The summed E-state index contributed by atoms with van der Waals surface area (Å²) in [5, 5.41) is 17.6. The van der Waals surface area contributed by atoms with Crippen LogP contribution in [-0.4, -0.2) is 4.92 Å². The standard InChI is InChI=1S/C18H12N2O3S2/c19-25-15-7-3-1-5-11(15)12-9-10-14-18(17(12)20(21)22)24-16-8-4-2-6-13(16)23-14/h1-10H,19H2. The molecule has 0 atom stereocenters. The minimum absolute atomic E-state index is 0.0403. The van der Waals surface area contributed by atoms with E-state index in [0.717, 1.165) is 27.3 Å². The molecule has 0 aromatic heterocycles. The van der Waals surface area contributed by atoms with Crippen molar-refractivity contribution < 1.29 is 9.66 Å². The van der Waals surface area contributed by atoms with Gasteiger partial charge >= 0.3 is 0 Å². The Kier molecular flexibility index (Phi) is 4.12. The van der Waals surface area contributed by atoms with Crippen LogP contribution in [0.1, 0.15) is 0 Å². The van der Waals surface area contributed by atoms with Crippen molar-refractivity contribution in [3.63, 3.8) is 0 Å². The van der Waals surface area contributed by atoms with Gasteiger partial charge in [0.2, 0.25) is 0 Å². The van der Waals surface area contributed by atoms with Gasteiger partial charge in [-0.3, -0.25) is 15.3 Å². The molecule has 1 aliphatic heterocycles. The first kappa shape index (κ1) is 16.0. The summed E-state index contributed by atoms with van der Waals surface area (Å²) in [4.78, 5) is 13.7. The molecule has 3 aromatic carbocycles. The normalized spacial score (nSPS) is 12.0. The highest BCUT2D eigenvalue weighted by molar-refractivity contribution is 7.99. The van der Waals surface area contributed by atoms with Crippen molar-refractivity contribution in [1.29, 1.82) is 0 Å². The molecule has 0 bridgehead atoms. The fraction of sp³-hybridized carbons (Fsp3) is 0. The third-order valence-electron chi connectivity index (χ3n) is 3.86. The summed E-state index contributed by atoms with van der Waals surface area (Å²) < 4.78 is 5.86. The van der Waals surface area contributed by atoms with Gasteiger partial charge in [0, 0.05) is 10.5 Å². The molecule has 0 radical (unpaired) electrons. The smallest absolute Gasteiger partial charge is 0.294 e. The number of ether oxygens (including phenoxy) is 1. The summed E-state index contributed by atoms with van der Waals surface area (Å²) in [5.74, 6) is 1.21. The first-order valence-electron chi connectivity index (χ1n) is 7.41. The average Bonchev–Trinajstić information content (AvgIpc) is 2.65. The van der Waals surface area contributed by atoms with E-state index in [1.165, 1.54) is 11.8 Å². The van der Waals surface area contributed by atoms with E-state index in [1.54, 1.807) is 12.1 Å².